The number of nitrogens with one attached hydrogen (secondary N) is 2. The van der Waals surface area contributed by atoms with E-state index in [0.717, 1.165) is 19.3 Å². The average Bonchev–Trinajstić information content (AvgIpc) is 3.21. The van der Waals surface area contributed by atoms with Crippen LogP contribution in [-0.4, -0.2) is 24.5 Å². The second kappa shape index (κ2) is 6.16. The zero-order valence-corrected chi connectivity index (χ0v) is 13.7. The Morgan fingerprint density at radius 1 is 1.12 bits per heavy atom. The summed E-state index contributed by atoms with van der Waals surface area (Å²) in [7, 11) is 0. The summed E-state index contributed by atoms with van der Waals surface area (Å²) >= 11 is 1.49. The van der Waals surface area contributed by atoms with Gasteiger partial charge in [0, 0.05) is 4.88 Å². The Morgan fingerprint density at radius 3 is 2.79 bits per heavy atom. The van der Waals surface area contributed by atoms with Crippen LogP contribution in [0.15, 0.2) is 30.3 Å². The molecular weight excluding hydrogens is 328 g/mol. The number of fused-ring (bicyclic) bond motifs is 2. The van der Waals surface area contributed by atoms with E-state index in [0.29, 0.717) is 16.4 Å². The lowest BCUT2D eigenvalue weighted by Gasteiger charge is -2.25. The van der Waals surface area contributed by atoms with Crippen LogP contribution in [-0.2, 0) is 17.6 Å². The predicted molar refractivity (Wildman–Crippen MR) is 88.3 cm³/mol. The Bertz CT molecular complexity index is 780. The Labute approximate surface area is 142 Å². The molecule has 0 fully saturated rings. The quantitative estimate of drug-likeness (QED) is 0.815. The van der Waals surface area contributed by atoms with Gasteiger partial charge in [0.15, 0.2) is 11.5 Å². The topological polar surface area (TPSA) is 76.7 Å². The first-order chi connectivity index (χ1) is 11.7. The van der Waals surface area contributed by atoms with Crippen molar-refractivity contribution in [3.05, 3.63) is 45.6 Å². The van der Waals surface area contributed by atoms with Crippen LogP contribution >= 0.6 is 11.3 Å². The van der Waals surface area contributed by atoms with Crippen LogP contribution in [0.5, 0.6) is 11.5 Å². The van der Waals surface area contributed by atoms with Crippen LogP contribution in [0.2, 0.25) is 0 Å². The molecule has 1 aromatic heterocycles. The Morgan fingerprint density at radius 2 is 1.96 bits per heavy atom. The van der Waals surface area contributed by atoms with E-state index in [9.17, 15) is 9.59 Å². The van der Waals surface area contributed by atoms with Crippen molar-refractivity contribution >= 4 is 23.2 Å². The maximum atomic E-state index is 12.2. The zero-order chi connectivity index (χ0) is 16.5. The fraction of sp³-hybridized carbons (Fsp3) is 0.294. The fourth-order valence-electron chi connectivity index (χ4n) is 2.85. The SMILES string of the molecule is O=C(NNC(=O)[C@@H]1COc2ccccc2O1)c1cc2c(s1)CCC2. The molecule has 24 heavy (non-hydrogen) atoms. The number of thiophene rings is 1. The second-order valence-corrected chi connectivity index (χ2v) is 6.86. The third kappa shape index (κ3) is 2.82. The van der Waals surface area contributed by atoms with Gasteiger partial charge in [0.1, 0.15) is 6.61 Å². The van der Waals surface area contributed by atoms with Crippen molar-refractivity contribution in [2.24, 2.45) is 0 Å². The van der Waals surface area contributed by atoms with E-state index in [1.807, 2.05) is 12.1 Å². The first-order valence-electron chi connectivity index (χ1n) is 7.81. The number of carbonyl (C=O) groups excluding carboxylic acids is 2. The molecule has 0 saturated heterocycles. The third-order valence-electron chi connectivity index (χ3n) is 4.07. The fourth-order valence-corrected chi connectivity index (χ4v) is 4.00. The number of carbonyl (C=O) groups is 2. The minimum absolute atomic E-state index is 0.103. The van der Waals surface area contributed by atoms with Gasteiger partial charge in [-0.15, -0.1) is 11.3 Å². The zero-order valence-electron chi connectivity index (χ0n) is 12.8. The van der Waals surface area contributed by atoms with Gasteiger partial charge in [-0.1, -0.05) is 12.1 Å². The highest BCUT2D eigenvalue weighted by molar-refractivity contribution is 7.14. The molecule has 1 atom stereocenters. The van der Waals surface area contributed by atoms with Crippen LogP contribution in [0.1, 0.15) is 26.5 Å². The summed E-state index contributed by atoms with van der Waals surface area (Å²) < 4.78 is 11.1. The van der Waals surface area contributed by atoms with Gasteiger partial charge in [-0.3, -0.25) is 20.4 Å². The van der Waals surface area contributed by atoms with E-state index in [1.54, 1.807) is 18.2 Å². The van der Waals surface area contributed by atoms with Gasteiger partial charge in [-0.2, -0.15) is 0 Å². The van der Waals surface area contributed by atoms with E-state index >= 15 is 0 Å². The van der Waals surface area contributed by atoms with Crippen molar-refractivity contribution < 1.29 is 19.1 Å². The van der Waals surface area contributed by atoms with Crippen molar-refractivity contribution in [1.29, 1.82) is 0 Å². The Balaban J connectivity index is 1.34. The maximum Gasteiger partial charge on any atom is 0.283 e. The first kappa shape index (κ1) is 15.0. The molecule has 2 amide bonds. The van der Waals surface area contributed by atoms with Gasteiger partial charge >= 0.3 is 0 Å². The molecule has 0 spiro atoms. The molecule has 124 valence electrons. The normalized spacial score (nSPS) is 17.9. The molecule has 0 unspecified atom stereocenters. The van der Waals surface area contributed by atoms with Crippen LogP contribution in [0.25, 0.3) is 0 Å². The second-order valence-electron chi connectivity index (χ2n) is 5.72. The van der Waals surface area contributed by atoms with E-state index in [2.05, 4.69) is 10.9 Å². The molecule has 2 N–H and O–H groups in total. The van der Waals surface area contributed by atoms with Crippen LogP contribution in [0, 0.1) is 0 Å². The monoisotopic (exact) mass is 344 g/mol. The van der Waals surface area contributed by atoms with Crippen LogP contribution in [0.3, 0.4) is 0 Å². The molecule has 4 rings (SSSR count). The smallest absolute Gasteiger partial charge is 0.283 e. The highest BCUT2D eigenvalue weighted by Gasteiger charge is 2.28. The van der Waals surface area contributed by atoms with Gasteiger partial charge in [0.25, 0.3) is 11.8 Å². The van der Waals surface area contributed by atoms with E-state index in [-0.39, 0.29) is 12.5 Å². The molecule has 0 radical (unpaired) electrons. The molecule has 1 aromatic carbocycles. The predicted octanol–water partition coefficient (Wildman–Crippen LogP) is 1.84. The van der Waals surface area contributed by atoms with Crippen molar-refractivity contribution in [3.8, 4) is 11.5 Å². The van der Waals surface area contributed by atoms with Crippen molar-refractivity contribution in [1.82, 2.24) is 10.9 Å². The number of hydrogen-bond acceptors (Lipinski definition) is 5. The molecule has 6 nitrogen and oxygen atoms in total. The number of benzene rings is 1. The summed E-state index contributed by atoms with van der Waals surface area (Å²) in [6, 6.07) is 9.06. The lowest BCUT2D eigenvalue weighted by molar-refractivity contribution is -0.131. The number of hydrazine groups is 1. The number of rotatable bonds is 2. The lowest BCUT2D eigenvalue weighted by atomic mass is 10.2. The van der Waals surface area contributed by atoms with Gasteiger partial charge in [-0.05, 0) is 43.0 Å². The van der Waals surface area contributed by atoms with E-state index in [1.165, 1.54) is 21.8 Å². The van der Waals surface area contributed by atoms with Gasteiger partial charge < -0.3 is 9.47 Å². The maximum absolute atomic E-state index is 12.2. The number of ether oxygens (including phenoxy) is 2. The first-order valence-corrected chi connectivity index (χ1v) is 8.62. The van der Waals surface area contributed by atoms with Gasteiger partial charge in [-0.25, -0.2) is 0 Å². The van der Waals surface area contributed by atoms with E-state index < -0.39 is 12.0 Å². The van der Waals surface area contributed by atoms with Crippen LogP contribution in [0.4, 0.5) is 0 Å². The molecule has 2 aromatic rings. The molecule has 0 saturated carbocycles. The summed E-state index contributed by atoms with van der Waals surface area (Å²) in [6.07, 6.45) is 2.42. The molecule has 2 aliphatic rings. The Hall–Kier alpha value is -2.54. The van der Waals surface area contributed by atoms with Gasteiger partial charge in [0.2, 0.25) is 6.10 Å². The van der Waals surface area contributed by atoms with Crippen molar-refractivity contribution in [2.75, 3.05) is 6.61 Å². The molecular formula is C17H16N2O4S. The minimum atomic E-state index is -0.798. The highest BCUT2D eigenvalue weighted by atomic mass is 32.1. The van der Waals surface area contributed by atoms with Crippen molar-refractivity contribution in [2.45, 2.75) is 25.4 Å². The average molecular weight is 344 g/mol. The summed E-state index contributed by atoms with van der Waals surface area (Å²) in [4.78, 5) is 26.2. The summed E-state index contributed by atoms with van der Waals surface area (Å²) in [5.74, 6) is 0.380. The number of aryl methyl sites for hydroxylation is 2. The summed E-state index contributed by atoms with van der Waals surface area (Å²) in [6.45, 7) is 0.103. The largest absolute Gasteiger partial charge is 0.485 e. The minimum Gasteiger partial charge on any atom is -0.485 e. The summed E-state index contributed by atoms with van der Waals surface area (Å²) in [5, 5.41) is 0. The standard InChI is InChI=1S/C17H16N2O4S/c20-16(13-9-22-11-5-1-2-6-12(11)23-13)18-19-17(21)15-8-10-4-3-7-14(10)24-15/h1-2,5-6,8,13H,3-4,7,9H2,(H,18,20)(H,19,21)/t13-/m0/s1. The molecule has 2 heterocycles. The van der Waals surface area contributed by atoms with E-state index in [4.69, 9.17) is 9.47 Å². The summed E-state index contributed by atoms with van der Waals surface area (Å²) in [5.41, 5.74) is 6.10. The number of para-hydroxylation sites is 2. The molecule has 0 bridgehead atoms. The van der Waals surface area contributed by atoms with Gasteiger partial charge in [0.05, 0.1) is 4.88 Å². The number of amides is 2. The third-order valence-corrected chi connectivity index (χ3v) is 5.31. The Kier molecular flexibility index (Phi) is 3.86. The molecule has 7 heteroatoms. The highest BCUT2D eigenvalue weighted by Crippen LogP contribution is 2.31. The molecule has 1 aliphatic carbocycles. The number of hydrogen-bond donors (Lipinski definition) is 2. The molecule has 1 aliphatic heterocycles. The van der Waals surface area contributed by atoms with Crippen LogP contribution < -0.4 is 20.3 Å². The van der Waals surface area contributed by atoms with Crippen molar-refractivity contribution in [3.63, 3.8) is 0 Å². The lowest BCUT2D eigenvalue weighted by Crippen LogP contribution is -2.50.